The van der Waals surface area contributed by atoms with Crippen LogP contribution in [-0.4, -0.2) is 16.5 Å². The molecule has 0 fully saturated rings. The number of hydrazone groups is 1. The zero-order valence-electron chi connectivity index (χ0n) is 13.6. The summed E-state index contributed by atoms with van der Waals surface area (Å²) < 4.78 is 13.2. The Morgan fingerprint density at radius 2 is 1.64 bits per heavy atom. The molecule has 5 heteroatoms. The first-order chi connectivity index (χ1) is 12.2. The molecule has 2 aromatic carbocycles. The molecule has 1 aromatic heterocycles. The van der Waals surface area contributed by atoms with E-state index in [1.54, 1.807) is 24.5 Å². The second-order valence-corrected chi connectivity index (χ2v) is 5.80. The number of amidine groups is 1. The number of nitrogens with one attached hydrogen (secondary N) is 1. The molecule has 4 nitrogen and oxygen atoms in total. The van der Waals surface area contributed by atoms with E-state index in [4.69, 9.17) is 4.99 Å². The zero-order valence-corrected chi connectivity index (χ0v) is 13.6. The minimum Gasteiger partial charge on any atom is -0.265 e. The fourth-order valence-corrected chi connectivity index (χ4v) is 2.72. The van der Waals surface area contributed by atoms with E-state index in [-0.39, 0.29) is 5.82 Å². The van der Waals surface area contributed by atoms with Gasteiger partial charge in [0.1, 0.15) is 11.5 Å². The molecule has 0 unspecified atom stereocenters. The summed E-state index contributed by atoms with van der Waals surface area (Å²) in [6.07, 6.45) is 3.47. The summed E-state index contributed by atoms with van der Waals surface area (Å²) >= 11 is 0. The number of benzene rings is 2. The average molecular weight is 330 g/mol. The Hall–Kier alpha value is -3.34. The van der Waals surface area contributed by atoms with Gasteiger partial charge in [-0.25, -0.2) is 9.38 Å². The van der Waals surface area contributed by atoms with E-state index < -0.39 is 0 Å². The lowest BCUT2D eigenvalue weighted by molar-refractivity contribution is 0.627. The number of aromatic nitrogens is 1. The number of hydrogen-bond donors (Lipinski definition) is 1. The highest BCUT2D eigenvalue weighted by atomic mass is 19.1. The van der Waals surface area contributed by atoms with Gasteiger partial charge in [-0.2, -0.15) is 5.10 Å². The van der Waals surface area contributed by atoms with Crippen molar-refractivity contribution in [1.29, 1.82) is 0 Å². The second-order valence-electron chi connectivity index (χ2n) is 5.80. The first-order valence-corrected chi connectivity index (χ1v) is 7.90. The number of pyridine rings is 1. The van der Waals surface area contributed by atoms with Gasteiger partial charge >= 0.3 is 0 Å². The summed E-state index contributed by atoms with van der Waals surface area (Å²) in [5.74, 6) is 0.295. The SMILES string of the molecule is Cc1ccc2c(c1)C(c1ccncc1)=NNC(c1ccc(F)cc1)=N2. The lowest BCUT2D eigenvalue weighted by atomic mass is 10.00. The Bertz CT molecular complexity index is 976. The summed E-state index contributed by atoms with van der Waals surface area (Å²) in [4.78, 5) is 8.78. The minimum atomic E-state index is -0.282. The summed E-state index contributed by atoms with van der Waals surface area (Å²) in [5.41, 5.74) is 8.42. The van der Waals surface area contributed by atoms with Crippen molar-refractivity contribution in [2.24, 2.45) is 10.1 Å². The molecule has 1 aliphatic rings. The van der Waals surface area contributed by atoms with Crippen LogP contribution >= 0.6 is 0 Å². The summed E-state index contributed by atoms with van der Waals surface area (Å²) in [5, 5.41) is 4.57. The third-order valence-electron chi connectivity index (χ3n) is 3.98. The Morgan fingerprint density at radius 3 is 2.40 bits per heavy atom. The van der Waals surface area contributed by atoms with Crippen LogP contribution in [0.2, 0.25) is 0 Å². The number of hydrogen-bond acceptors (Lipinski definition) is 4. The summed E-state index contributed by atoms with van der Waals surface area (Å²) in [7, 11) is 0. The molecule has 0 radical (unpaired) electrons. The van der Waals surface area contributed by atoms with E-state index in [9.17, 15) is 4.39 Å². The standard InChI is InChI=1S/C20H15FN4/c1-13-2-7-18-17(12-13)19(14-8-10-22-11-9-14)24-25-20(23-18)15-3-5-16(21)6-4-15/h2-12H,1H3,(H,23,25). The Morgan fingerprint density at radius 1 is 0.880 bits per heavy atom. The Balaban J connectivity index is 1.87. The molecular formula is C20H15FN4. The second kappa shape index (κ2) is 6.28. The largest absolute Gasteiger partial charge is 0.265 e. The van der Waals surface area contributed by atoms with Crippen LogP contribution in [0.3, 0.4) is 0 Å². The molecule has 2 heterocycles. The summed E-state index contributed by atoms with van der Waals surface area (Å²) in [6, 6.07) is 16.1. The molecule has 0 saturated heterocycles. The molecule has 0 amide bonds. The molecule has 0 aliphatic carbocycles. The van der Waals surface area contributed by atoms with Crippen LogP contribution in [-0.2, 0) is 0 Å². The molecule has 0 atom stereocenters. The highest BCUT2D eigenvalue weighted by Crippen LogP contribution is 2.26. The van der Waals surface area contributed by atoms with Crippen LogP contribution in [0.1, 0.15) is 22.3 Å². The van der Waals surface area contributed by atoms with Crippen molar-refractivity contribution in [3.63, 3.8) is 0 Å². The predicted octanol–water partition coefficient (Wildman–Crippen LogP) is 3.96. The third kappa shape index (κ3) is 3.04. The van der Waals surface area contributed by atoms with E-state index in [0.717, 1.165) is 33.7 Å². The molecular weight excluding hydrogens is 315 g/mol. The van der Waals surface area contributed by atoms with Crippen LogP contribution in [0.25, 0.3) is 0 Å². The number of rotatable bonds is 2. The molecule has 1 N–H and O–H groups in total. The van der Waals surface area contributed by atoms with E-state index in [1.165, 1.54) is 12.1 Å². The van der Waals surface area contributed by atoms with Crippen molar-refractivity contribution < 1.29 is 4.39 Å². The number of fused-ring (bicyclic) bond motifs is 1. The maximum absolute atomic E-state index is 13.2. The van der Waals surface area contributed by atoms with Gasteiger partial charge in [0.2, 0.25) is 0 Å². The van der Waals surface area contributed by atoms with Crippen LogP contribution in [0.15, 0.2) is 77.1 Å². The van der Waals surface area contributed by atoms with Crippen molar-refractivity contribution in [3.05, 3.63) is 95.1 Å². The maximum atomic E-state index is 13.2. The fourth-order valence-electron chi connectivity index (χ4n) is 2.72. The van der Waals surface area contributed by atoms with Gasteiger partial charge in [0, 0.05) is 29.1 Å². The van der Waals surface area contributed by atoms with E-state index in [1.807, 2.05) is 31.2 Å². The van der Waals surface area contributed by atoms with Gasteiger partial charge in [0.05, 0.1) is 5.69 Å². The lowest BCUT2D eigenvalue weighted by Crippen LogP contribution is -2.19. The molecule has 4 rings (SSSR count). The first kappa shape index (κ1) is 15.2. The molecule has 0 spiro atoms. The highest BCUT2D eigenvalue weighted by Gasteiger charge is 2.17. The topological polar surface area (TPSA) is 49.6 Å². The van der Waals surface area contributed by atoms with Gasteiger partial charge in [0.25, 0.3) is 0 Å². The maximum Gasteiger partial charge on any atom is 0.154 e. The highest BCUT2D eigenvalue weighted by molar-refractivity contribution is 6.18. The van der Waals surface area contributed by atoms with Crippen molar-refractivity contribution in [1.82, 2.24) is 10.4 Å². The van der Waals surface area contributed by atoms with Gasteiger partial charge < -0.3 is 0 Å². The number of aryl methyl sites for hydroxylation is 1. The number of halogens is 1. The molecule has 0 bridgehead atoms. The van der Waals surface area contributed by atoms with E-state index >= 15 is 0 Å². The molecule has 122 valence electrons. The van der Waals surface area contributed by atoms with Crippen LogP contribution < -0.4 is 5.43 Å². The van der Waals surface area contributed by atoms with E-state index in [0.29, 0.717) is 5.84 Å². The zero-order chi connectivity index (χ0) is 17.2. The monoisotopic (exact) mass is 330 g/mol. The van der Waals surface area contributed by atoms with Gasteiger partial charge in [-0.1, -0.05) is 11.6 Å². The predicted molar refractivity (Wildman–Crippen MR) is 96.8 cm³/mol. The van der Waals surface area contributed by atoms with Crippen molar-refractivity contribution in [2.75, 3.05) is 0 Å². The molecule has 0 saturated carbocycles. The fraction of sp³-hybridized carbons (Fsp3) is 0.0500. The average Bonchev–Trinajstić information content (AvgIpc) is 2.82. The van der Waals surface area contributed by atoms with Gasteiger partial charge in [-0.3, -0.25) is 10.4 Å². The third-order valence-corrected chi connectivity index (χ3v) is 3.98. The quantitative estimate of drug-likeness (QED) is 0.773. The Kier molecular flexibility index (Phi) is 3.82. The Labute approximate surface area is 144 Å². The smallest absolute Gasteiger partial charge is 0.154 e. The minimum absolute atomic E-state index is 0.282. The van der Waals surface area contributed by atoms with Crippen LogP contribution in [0, 0.1) is 12.7 Å². The first-order valence-electron chi connectivity index (χ1n) is 7.90. The molecule has 1 aliphatic heterocycles. The van der Waals surface area contributed by atoms with Gasteiger partial charge in [-0.15, -0.1) is 0 Å². The lowest BCUT2D eigenvalue weighted by Gasteiger charge is -2.08. The summed E-state index contributed by atoms with van der Waals surface area (Å²) in [6.45, 7) is 2.04. The van der Waals surface area contributed by atoms with Crippen molar-refractivity contribution in [3.8, 4) is 0 Å². The van der Waals surface area contributed by atoms with E-state index in [2.05, 4.69) is 21.6 Å². The van der Waals surface area contributed by atoms with Crippen LogP contribution in [0.5, 0.6) is 0 Å². The van der Waals surface area contributed by atoms with Gasteiger partial charge in [-0.05, 0) is 55.5 Å². The molecule has 3 aromatic rings. The normalized spacial score (nSPS) is 13.2. The van der Waals surface area contributed by atoms with Gasteiger partial charge in [0.15, 0.2) is 5.84 Å². The molecule has 25 heavy (non-hydrogen) atoms. The number of nitrogens with zero attached hydrogens (tertiary/aromatic N) is 3. The van der Waals surface area contributed by atoms with Crippen LogP contribution in [0.4, 0.5) is 10.1 Å². The van der Waals surface area contributed by atoms with Crippen molar-refractivity contribution >= 4 is 17.2 Å². The number of aliphatic imine (C=N–C) groups is 1. The van der Waals surface area contributed by atoms with Crippen molar-refractivity contribution in [2.45, 2.75) is 6.92 Å².